The van der Waals surface area contributed by atoms with E-state index in [4.69, 9.17) is 10.8 Å². The first-order valence-electron chi connectivity index (χ1n) is 4.02. The molecule has 0 aliphatic carbocycles. The van der Waals surface area contributed by atoms with Crippen molar-refractivity contribution in [2.75, 3.05) is 24.4 Å². The van der Waals surface area contributed by atoms with E-state index in [1.54, 1.807) is 6.92 Å². The van der Waals surface area contributed by atoms with Crippen molar-refractivity contribution >= 4 is 21.6 Å². The summed E-state index contributed by atoms with van der Waals surface area (Å²) in [7, 11) is -2.90. The molecule has 0 radical (unpaired) electrons. The van der Waals surface area contributed by atoms with E-state index >= 15 is 0 Å². The van der Waals surface area contributed by atoms with Crippen LogP contribution in [0.4, 0.5) is 0 Å². The SMILES string of the molecule is CC(N)C(CO)SCCS(C)(=O)=O. The van der Waals surface area contributed by atoms with E-state index in [1.165, 1.54) is 18.0 Å². The third kappa shape index (κ3) is 7.30. The van der Waals surface area contributed by atoms with Gasteiger partial charge >= 0.3 is 0 Å². The predicted molar refractivity (Wildman–Crippen MR) is 56.7 cm³/mol. The van der Waals surface area contributed by atoms with Crippen LogP contribution in [-0.2, 0) is 9.84 Å². The number of aliphatic hydroxyl groups excluding tert-OH is 1. The molecule has 0 bridgehead atoms. The van der Waals surface area contributed by atoms with Gasteiger partial charge in [-0.3, -0.25) is 0 Å². The fraction of sp³-hybridized carbons (Fsp3) is 1.00. The molecule has 80 valence electrons. The van der Waals surface area contributed by atoms with Crippen molar-refractivity contribution in [2.45, 2.75) is 18.2 Å². The lowest BCUT2D eigenvalue weighted by molar-refractivity contribution is 0.285. The van der Waals surface area contributed by atoms with Crippen molar-refractivity contribution in [2.24, 2.45) is 5.73 Å². The Labute approximate surface area is 83.8 Å². The van der Waals surface area contributed by atoms with Gasteiger partial charge in [-0.15, -0.1) is 0 Å². The van der Waals surface area contributed by atoms with Gasteiger partial charge in [-0.1, -0.05) is 0 Å². The van der Waals surface area contributed by atoms with Crippen molar-refractivity contribution < 1.29 is 13.5 Å². The number of thioether (sulfide) groups is 1. The summed E-state index contributed by atoms with van der Waals surface area (Å²) in [4.78, 5) is 0. The minimum absolute atomic E-state index is 0.00784. The second-order valence-corrected chi connectivity index (χ2v) is 6.69. The summed E-state index contributed by atoms with van der Waals surface area (Å²) in [5.41, 5.74) is 5.57. The molecule has 13 heavy (non-hydrogen) atoms. The Hall–Kier alpha value is 0.220. The number of hydrogen-bond donors (Lipinski definition) is 2. The Morgan fingerprint density at radius 3 is 2.38 bits per heavy atom. The third-order valence-corrected chi connectivity index (χ3v) is 4.20. The highest BCUT2D eigenvalue weighted by atomic mass is 32.2. The first-order valence-corrected chi connectivity index (χ1v) is 7.13. The van der Waals surface area contributed by atoms with Gasteiger partial charge in [0, 0.05) is 23.3 Å². The van der Waals surface area contributed by atoms with E-state index in [2.05, 4.69) is 0 Å². The maximum atomic E-state index is 10.8. The lowest BCUT2D eigenvalue weighted by Crippen LogP contribution is -2.32. The van der Waals surface area contributed by atoms with Crippen molar-refractivity contribution in [1.82, 2.24) is 0 Å². The molecule has 4 nitrogen and oxygen atoms in total. The molecule has 0 heterocycles. The number of nitrogens with two attached hydrogens (primary N) is 1. The standard InChI is InChI=1S/C7H17NO3S2/c1-6(8)7(5-9)12-3-4-13(2,10)11/h6-7,9H,3-5,8H2,1-2H3. The Bertz CT molecular complexity index is 226. The Morgan fingerprint density at radius 1 is 1.54 bits per heavy atom. The zero-order valence-corrected chi connectivity index (χ0v) is 9.57. The van der Waals surface area contributed by atoms with Crippen LogP contribution in [0.25, 0.3) is 0 Å². The largest absolute Gasteiger partial charge is 0.395 e. The average molecular weight is 227 g/mol. The van der Waals surface area contributed by atoms with Crippen LogP contribution in [0.2, 0.25) is 0 Å². The molecule has 0 rings (SSSR count). The lowest BCUT2D eigenvalue weighted by atomic mass is 10.3. The first kappa shape index (κ1) is 13.2. The number of hydrogen-bond acceptors (Lipinski definition) is 5. The molecule has 3 N–H and O–H groups in total. The summed E-state index contributed by atoms with van der Waals surface area (Å²) >= 11 is 1.40. The van der Waals surface area contributed by atoms with Gasteiger partial charge in [0.25, 0.3) is 0 Å². The van der Waals surface area contributed by atoms with E-state index in [0.717, 1.165) is 0 Å². The molecular weight excluding hydrogens is 210 g/mol. The summed E-state index contributed by atoms with van der Waals surface area (Å²) in [6.07, 6.45) is 1.20. The van der Waals surface area contributed by atoms with E-state index in [1.807, 2.05) is 0 Å². The van der Waals surface area contributed by atoms with E-state index in [-0.39, 0.29) is 23.7 Å². The molecule has 2 unspecified atom stereocenters. The van der Waals surface area contributed by atoms with Crippen molar-refractivity contribution in [3.63, 3.8) is 0 Å². The molecule has 0 saturated heterocycles. The van der Waals surface area contributed by atoms with Crippen molar-refractivity contribution in [3.8, 4) is 0 Å². The molecule has 0 amide bonds. The Balaban J connectivity index is 3.74. The quantitative estimate of drug-likeness (QED) is 0.638. The van der Waals surface area contributed by atoms with Gasteiger partial charge in [-0.05, 0) is 6.92 Å². The molecule has 0 aromatic heterocycles. The average Bonchev–Trinajstić information content (AvgIpc) is 1.95. The number of aliphatic hydroxyl groups is 1. The summed E-state index contributed by atoms with van der Waals surface area (Å²) < 4.78 is 21.5. The summed E-state index contributed by atoms with van der Waals surface area (Å²) in [6.45, 7) is 1.79. The fourth-order valence-corrected chi connectivity index (χ4v) is 3.03. The summed E-state index contributed by atoms with van der Waals surface area (Å²) in [5.74, 6) is 0.631. The topological polar surface area (TPSA) is 80.4 Å². The van der Waals surface area contributed by atoms with Crippen LogP contribution in [0.3, 0.4) is 0 Å². The van der Waals surface area contributed by atoms with Crippen molar-refractivity contribution in [1.29, 1.82) is 0 Å². The van der Waals surface area contributed by atoms with Gasteiger partial charge in [0.2, 0.25) is 0 Å². The monoisotopic (exact) mass is 227 g/mol. The van der Waals surface area contributed by atoms with Crippen LogP contribution in [0.1, 0.15) is 6.92 Å². The van der Waals surface area contributed by atoms with E-state index < -0.39 is 9.84 Å². The zero-order chi connectivity index (χ0) is 10.5. The van der Waals surface area contributed by atoms with Crippen LogP contribution in [0.15, 0.2) is 0 Å². The maximum Gasteiger partial charge on any atom is 0.148 e. The minimum atomic E-state index is -2.90. The summed E-state index contributed by atoms with van der Waals surface area (Å²) in [6, 6.07) is -0.116. The smallest absolute Gasteiger partial charge is 0.148 e. The first-order chi connectivity index (χ1) is 5.87. The van der Waals surface area contributed by atoms with E-state index in [0.29, 0.717) is 5.75 Å². The highest BCUT2D eigenvalue weighted by Crippen LogP contribution is 2.13. The fourth-order valence-electron chi connectivity index (χ4n) is 0.722. The molecule has 0 saturated carbocycles. The molecule has 0 fully saturated rings. The van der Waals surface area contributed by atoms with Gasteiger partial charge in [-0.2, -0.15) is 11.8 Å². The number of sulfone groups is 1. The second-order valence-electron chi connectivity index (χ2n) is 3.08. The van der Waals surface area contributed by atoms with Crippen LogP contribution < -0.4 is 5.73 Å². The molecular formula is C7H17NO3S2. The van der Waals surface area contributed by atoms with Crippen LogP contribution in [0.5, 0.6) is 0 Å². The van der Waals surface area contributed by atoms with Gasteiger partial charge in [0.1, 0.15) is 9.84 Å². The van der Waals surface area contributed by atoms with Gasteiger partial charge in [-0.25, -0.2) is 8.42 Å². The molecule has 0 aliphatic heterocycles. The summed E-state index contributed by atoms with van der Waals surface area (Å²) in [5, 5.41) is 8.81. The van der Waals surface area contributed by atoms with Crippen molar-refractivity contribution in [3.05, 3.63) is 0 Å². The predicted octanol–water partition coefficient (Wildman–Crippen LogP) is -0.528. The molecule has 6 heteroatoms. The highest BCUT2D eigenvalue weighted by Gasteiger charge is 2.13. The number of rotatable bonds is 6. The van der Waals surface area contributed by atoms with Gasteiger partial charge in [0.05, 0.1) is 12.4 Å². The maximum absolute atomic E-state index is 10.8. The molecule has 0 aromatic carbocycles. The van der Waals surface area contributed by atoms with Crippen LogP contribution in [0, 0.1) is 0 Å². The molecule has 2 atom stereocenters. The molecule has 0 aromatic rings. The van der Waals surface area contributed by atoms with E-state index in [9.17, 15) is 8.42 Å². The minimum Gasteiger partial charge on any atom is -0.395 e. The Kier molecular flexibility index (Phi) is 5.95. The zero-order valence-electron chi connectivity index (χ0n) is 7.93. The lowest BCUT2D eigenvalue weighted by Gasteiger charge is -2.16. The normalized spacial score (nSPS) is 16.9. The third-order valence-electron chi connectivity index (χ3n) is 1.55. The van der Waals surface area contributed by atoms with Crippen LogP contribution >= 0.6 is 11.8 Å². The molecule has 0 aliphatic rings. The Morgan fingerprint density at radius 2 is 2.08 bits per heavy atom. The van der Waals surface area contributed by atoms with Gasteiger partial charge < -0.3 is 10.8 Å². The van der Waals surface area contributed by atoms with Gasteiger partial charge in [0.15, 0.2) is 0 Å². The molecule has 0 spiro atoms. The van der Waals surface area contributed by atoms with Crippen LogP contribution in [-0.4, -0.2) is 49.2 Å². The highest BCUT2D eigenvalue weighted by molar-refractivity contribution is 8.01. The second kappa shape index (κ2) is 5.85.